The van der Waals surface area contributed by atoms with Gasteiger partial charge in [-0.3, -0.25) is 0 Å². The molecule has 190 valence electrons. The Balaban J connectivity index is 1.20. The molecule has 0 atom stereocenters. The number of benzene rings is 5. The molecule has 0 bridgehead atoms. The normalized spacial score (nSPS) is 11.7. The lowest BCUT2D eigenvalue weighted by Crippen LogP contribution is -2.03. The zero-order chi connectivity index (χ0) is 26.8. The van der Waals surface area contributed by atoms with Crippen molar-refractivity contribution in [3.8, 4) is 33.4 Å². The summed E-state index contributed by atoms with van der Waals surface area (Å²) >= 11 is 3.65. The van der Waals surface area contributed by atoms with Crippen molar-refractivity contribution in [3.63, 3.8) is 0 Å². The van der Waals surface area contributed by atoms with Gasteiger partial charge < -0.3 is 0 Å². The minimum absolute atomic E-state index is 0.0695. The molecule has 2 heterocycles. The SMILES string of the molecule is Cc1c(F)c(F)c(-c2ccc(-c3ccc(-c4ccc5c(c4)sc4c6ccccc6sc54)cc3)cc2)c(F)c1F. The standard InChI is InChI=1S/C33H18F4S2/c1-17-28(34)30(36)27(31(37)29(17)35)21-12-10-19(11-13-21)18-6-8-20(9-7-18)22-14-15-24-26(16-22)39-32-23-4-2-3-5-25(23)38-33(24)32/h2-16H,1H3. The van der Waals surface area contributed by atoms with Gasteiger partial charge in [-0.25, -0.2) is 17.6 Å². The third-order valence-corrected chi connectivity index (χ3v) is 9.72. The highest BCUT2D eigenvalue weighted by Gasteiger charge is 2.24. The maximum atomic E-state index is 14.4. The first-order chi connectivity index (χ1) is 18.9. The first-order valence-electron chi connectivity index (χ1n) is 12.3. The van der Waals surface area contributed by atoms with Crippen LogP contribution in [0.15, 0.2) is 91.0 Å². The molecule has 2 aromatic heterocycles. The first-order valence-corrected chi connectivity index (χ1v) is 13.9. The highest BCUT2D eigenvalue weighted by Crippen LogP contribution is 2.45. The highest BCUT2D eigenvalue weighted by molar-refractivity contribution is 7.36. The lowest BCUT2D eigenvalue weighted by molar-refractivity contribution is 0.449. The first kappa shape index (κ1) is 24.1. The number of hydrogen-bond acceptors (Lipinski definition) is 2. The van der Waals surface area contributed by atoms with Gasteiger partial charge in [0.2, 0.25) is 0 Å². The van der Waals surface area contributed by atoms with Crippen molar-refractivity contribution < 1.29 is 17.6 Å². The molecular formula is C33H18F4S2. The van der Waals surface area contributed by atoms with E-state index in [1.807, 2.05) is 46.9 Å². The van der Waals surface area contributed by atoms with E-state index in [0.717, 1.165) is 29.2 Å². The second-order valence-electron chi connectivity index (χ2n) is 9.48. The van der Waals surface area contributed by atoms with Crippen molar-refractivity contribution in [2.24, 2.45) is 0 Å². The fourth-order valence-electron chi connectivity index (χ4n) is 5.06. The second-order valence-corrected chi connectivity index (χ2v) is 11.6. The number of thiophene rings is 2. The summed E-state index contributed by atoms with van der Waals surface area (Å²) in [5, 5.41) is 2.58. The van der Waals surface area contributed by atoms with Gasteiger partial charge in [0.05, 0.1) is 15.0 Å². The molecular weight excluding hydrogens is 536 g/mol. The van der Waals surface area contributed by atoms with Gasteiger partial charge >= 0.3 is 0 Å². The monoisotopic (exact) mass is 554 g/mol. The Morgan fingerprint density at radius 1 is 0.462 bits per heavy atom. The van der Waals surface area contributed by atoms with E-state index in [1.54, 1.807) is 12.1 Å². The van der Waals surface area contributed by atoms with E-state index in [4.69, 9.17) is 0 Å². The molecule has 0 amide bonds. The Kier molecular flexibility index (Phi) is 5.58. The van der Waals surface area contributed by atoms with Crippen molar-refractivity contribution in [1.29, 1.82) is 0 Å². The van der Waals surface area contributed by atoms with Crippen LogP contribution in [0.25, 0.3) is 63.0 Å². The average Bonchev–Trinajstić information content (AvgIpc) is 3.51. The number of hydrogen-bond donors (Lipinski definition) is 0. The van der Waals surface area contributed by atoms with Crippen LogP contribution in [0.2, 0.25) is 0 Å². The van der Waals surface area contributed by atoms with Crippen molar-refractivity contribution in [3.05, 3.63) is 120 Å². The van der Waals surface area contributed by atoms with Crippen molar-refractivity contribution in [2.45, 2.75) is 6.92 Å². The largest absolute Gasteiger partial charge is 0.203 e. The van der Waals surface area contributed by atoms with E-state index in [2.05, 4.69) is 42.5 Å². The lowest BCUT2D eigenvalue weighted by atomic mass is 9.97. The summed E-state index contributed by atoms with van der Waals surface area (Å²) in [6.07, 6.45) is 0. The summed E-state index contributed by atoms with van der Waals surface area (Å²) in [4.78, 5) is 0. The van der Waals surface area contributed by atoms with E-state index in [-0.39, 0.29) is 5.56 Å². The smallest absolute Gasteiger partial charge is 0.170 e. The fourth-order valence-corrected chi connectivity index (χ4v) is 7.76. The average molecular weight is 555 g/mol. The van der Waals surface area contributed by atoms with E-state index >= 15 is 0 Å². The summed E-state index contributed by atoms with van der Waals surface area (Å²) < 4.78 is 62.2. The van der Waals surface area contributed by atoms with E-state index in [9.17, 15) is 17.6 Å². The third-order valence-electron chi connectivity index (χ3n) is 7.20. The molecule has 39 heavy (non-hydrogen) atoms. The van der Waals surface area contributed by atoms with Crippen LogP contribution < -0.4 is 0 Å². The molecule has 0 aliphatic carbocycles. The second kappa shape index (κ2) is 9.04. The van der Waals surface area contributed by atoms with Gasteiger partial charge in [-0.1, -0.05) is 78.9 Å². The van der Waals surface area contributed by atoms with E-state index in [0.29, 0.717) is 0 Å². The van der Waals surface area contributed by atoms with Crippen LogP contribution >= 0.6 is 22.7 Å². The summed E-state index contributed by atoms with van der Waals surface area (Å²) in [6, 6.07) is 29.5. The topological polar surface area (TPSA) is 0 Å². The van der Waals surface area contributed by atoms with Gasteiger partial charge in [0.15, 0.2) is 23.3 Å². The van der Waals surface area contributed by atoms with Crippen LogP contribution in [-0.4, -0.2) is 0 Å². The van der Waals surface area contributed by atoms with Crippen LogP contribution in [0.5, 0.6) is 0 Å². The predicted octanol–water partition coefficient (Wildman–Crippen LogP) is 11.1. The lowest BCUT2D eigenvalue weighted by Gasteiger charge is -2.11. The van der Waals surface area contributed by atoms with Gasteiger partial charge in [-0.15, -0.1) is 22.7 Å². The number of fused-ring (bicyclic) bond motifs is 5. The number of rotatable bonds is 3. The molecule has 6 heteroatoms. The van der Waals surface area contributed by atoms with Gasteiger partial charge in [-0.05, 0) is 46.9 Å². The maximum Gasteiger partial charge on any atom is 0.170 e. The van der Waals surface area contributed by atoms with Crippen LogP contribution in [-0.2, 0) is 0 Å². The van der Waals surface area contributed by atoms with Crippen LogP contribution in [0, 0.1) is 30.2 Å². The molecule has 0 saturated heterocycles. The molecule has 0 saturated carbocycles. The minimum atomic E-state index is -1.39. The fraction of sp³-hybridized carbons (Fsp3) is 0.0303. The molecule has 0 aliphatic rings. The van der Waals surface area contributed by atoms with Crippen molar-refractivity contribution >= 4 is 52.2 Å². The van der Waals surface area contributed by atoms with Gasteiger partial charge in [0.25, 0.3) is 0 Å². The molecule has 5 aromatic carbocycles. The molecule has 7 aromatic rings. The molecule has 0 radical (unpaired) electrons. The molecule has 0 nitrogen and oxygen atoms in total. The van der Waals surface area contributed by atoms with Gasteiger partial charge in [-0.2, -0.15) is 0 Å². The summed E-state index contributed by atoms with van der Waals surface area (Å²) in [5.41, 5.74) is 2.63. The van der Waals surface area contributed by atoms with Gasteiger partial charge in [0.1, 0.15) is 0 Å². The zero-order valence-corrected chi connectivity index (χ0v) is 22.1. The van der Waals surface area contributed by atoms with Crippen LogP contribution in [0.1, 0.15) is 5.56 Å². The summed E-state index contributed by atoms with van der Waals surface area (Å²) in [6.45, 7) is 1.01. The Labute approximate surface area is 229 Å². The molecule has 0 N–H and O–H groups in total. The van der Waals surface area contributed by atoms with Gasteiger partial charge in [0, 0.05) is 25.7 Å². The quantitative estimate of drug-likeness (QED) is 0.151. The summed E-state index contributed by atoms with van der Waals surface area (Å²) in [7, 11) is 0. The molecule has 0 aliphatic heterocycles. The Bertz CT molecular complexity index is 2020. The Morgan fingerprint density at radius 3 is 1.54 bits per heavy atom. The Morgan fingerprint density at radius 2 is 0.923 bits per heavy atom. The van der Waals surface area contributed by atoms with Crippen molar-refractivity contribution in [2.75, 3.05) is 0 Å². The highest BCUT2D eigenvalue weighted by atomic mass is 32.1. The molecule has 0 spiro atoms. The van der Waals surface area contributed by atoms with E-state index < -0.39 is 34.4 Å². The predicted molar refractivity (Wildman–Crippen MR) is 156 cm³/mol. The van der Waals surface area contributed by atoms with Crippen LogP contribution in [0.3, 0.4) is 0 Å². The van der Waals surface area contributed by atoms with Crippen molar-refractivity contribution in [1.82, 2.24) is 0 Å². The van der Waals surface area contributed by atoms with E-state index in [1.165, 1.54) is 41.7 Å². The molecule has 0 fully saturated rings. The Hall–Kier alpha value is -4.00. The molecule has 7 rings (SSSR count). The number of halogens is 4. The molecule has 0 unspecified atom stereocenters. The minimum Gasteiger partial charge on any atom is -0.203 e. The zero-order valence-electron chi connectivity index (χ0n) is 20.5. The third kappa shape index (κ3) is 3.78. The van der Waals surface area contributed by atoms with Crippen LogP contribution in [0.4, 0.5) is 17.6 Å². The maximum absolute atomic E-state index is 14.4. The summed E-state index contributed by atoms with van der Waals surface area (Å²) in [5.74, 6) is -5.53.